The molecule has 2 aliphatic rings. The quantitative estimate of drug-likeness (QED) is 0.168. The third kappa shape index (κ3) is 4.44. The molecule has 202 valence electrons. The van der Waals surface area contributed by atoms with Crippen LogP contribution in [0.3, 0.4) is 0 Å². The number of fused-ring (bicyclic) bond motifs is 3. The number of furan rings is 1. The largest absolute Gasteiger partial charge is 0.457 e. The summed E-state index contributed by atoms with van der Waals surface area (Å²) in [7, 11) is 0. The van der Waals surface area contributed by atoms with Gasteiger partial charge in [0, 0.05) is 34.4 Å². The maximum Gasteiger partial charge on any atom is 0.271 e. The van der Waals surface area contributed by atoms with Crippen molar-refractivity contribution in [2.24, 2.45) is 4.99 Å². The van der Waals surface area contributed by atoms with Gasteiger partial charge in [-0.25, -0.2) is 4.99 Å². The van der Waals surface area contributed by atoms with Crippen LogP contribution < -0.4 is 14.9 Å². The molecule has 3 aromatic carbocycles. The molecule has 1 aliphatic carbocycles. The van der Waals surface area contributed by atoms with E-state index in [0.29, 0.717) is 31.4 Å². The number of non-ortho nitro benzene ring substituents is 1. The van der Waals surface area contributed by atoms with Crippen LogP contribution in [-0.2, 0) is 6.42 Å². The lowest BCUT2D eigenvalue weighted by Gasteiger charge is -2.30. The Balaban J connectivity index is 1.36. The molecule has 0 fully saturated rings. The number of nitrogens with zero attached hydrogens (tertiary/aromatic N) is 3. The van der Waals surface area contributed by atoms with E-state index >= 15 is 0 Å². The van der Waals surface area contributed by atoms with E-state index in [2.05, 4.69) is 12.1 Å². The van der Waals surface area contributed by atoms with E-state index in [0.717, 1.165) is 35.2 Å². The predicted molar refractivity (Wildman–Crippen MR) is 160 cm³/mol. The third-order valence-electron chi connectivity index (χ3n) is 7.39. The van der Waals surface area contributed by atoms with Gasteiger partial charge in [0.2, 0.25) is 0 Å². The number of benzene rings is 3. The normalized spacial score (nSPS) is 16.1. The van der Waals surface area contributed by atoms with E-state index in [1.807, 2.05) is 36.4 Å². The van der Waals surface area contributed by atoms with Crippen molar-refractivity contribution in [1.82, 2.24) is 4.57 Å². The molecule has 0 saturated heterocycles. The molecule has 0 unspecified atom stereocenters. The predicted octanol–water partition coefficient (Wildman–Crippen LogP) is 6.79. The van der Waals surface area contributed by atoms with Crippen LogP contribution in [0.4, 0.5) is 5.69 Å². The molecule has 0 saturated carbocycles. The number of hydrogen-bond donors (Lipinski definition) is 0. The fourth-order valence-corrected chi connectivity index (χ4v) is 6.86. The Labute approximate surface area is 247 Å². The lowest BCUT2D eigenvalue weighted by molar-refractivity contribution is -0.384. The summed E-state index contributed by atoms with van der Waals surface area (Å²) in [5, 5.41) is 11.9. The van der Waals surface area contributed by atoms with Crippen molar-refractivity contribution < 1.29 is 9.34 Å². The Morgan fingerprint density at radius 2 is 1.80 bits per heavy atom. The zero-order chi connectivity index (χ0) is 28.2. The van der Waals surface area contributed by atoms with Gasteiger partial charge in [-0.1, -0.05) is 70.9 Å². The summed E-state index contributed by atoms with van der Waals surface area (Å²) in [6.45, 7) is 0. The molecule has 1 aliphatic heterocycles. The molecule has 0 radical (unpaired) electrons. The number of hydrogen-bond acceptors (Lipinski definition) is 6. The smallest absolute Gasteiger partial charge is 0.271 e. The Bertz CT molecular complexity index is 2090. The highest BCUT2D eigenvalue weighted by Gasteiger charge is 2.32. The molecule has 0 amide bonds. The van der Waals surface area contributed by atoms with Gasteiger partial charge in [-0.2, -0.15) is 0 Å². The van der Waals surface area contributed by atoms with Crippen LogP contribution in [0.2, 0.25) is 10.0 Å². The number of aromatic nitrogens is 1. The summed E-state index contributed by atoms with van der Waals surface area (Å²) in [6.07, 6.45) is 3.37. The van der Waals surface area contributed by atoms with Gasteiger partial charge >= 0.3 is 0 Å². The molecule has 0 spiro atoms. The highest BCUT2D eigenvalue weighted by atomic mass is 35.5. The number of thiazole rings is 1. The number of nitro benzene ring substituents is 1. The van der Waals surface area contributed by atoms with Crippen LogP contribution in [0.1, 0.15) is 34.9 Å². The number of nitro groups is 1. The second-order valence-electron chi connectivity index (χ2n) is 9.79. The fraction of sp³-hybridized carbons (Fsp3) is 0.0968. The van der Waals surface area contributed by atoms with Crippen LogP contribution in [0, 0.1) is 10.1 Å². The van der Waals surface area contributed by atoms with E-state index in [-0.39, 0.29) is 22.3 Å². The summed E-state index contributed by atoms with van der Waals surface area (Å²) in [4.78, 5) is 30.1. The minimum atomic E-state index is -0.503. The minimum Gasteiger partial charge on any atom is -0.457 e. The lowest BCUT2D eigenvalue weighted by Crippen LogP contribution is -2.38. The number of aryl methyl sites for hydroxylation is 1. The topological polar surface area (TPSA) is 90.6 Å². The van der Waals surface area contributed by atoms with E-state index in [1.165, 1.54) is 29.0 Å². The van der Waals surface area contributed by atoms with Crippen molar-refractivity contribution >= 4 is 52.0 Å². The van der Waals surface area contributed by atoms with E-state index in [4.69, 9.17) is 32.6 Å². The van der Waals surface area contributed by atoms with Gasteiger partial charge in [0.1, 0.15) is 11.5 Å². The Morgan fingerprint density at radius 1 is 1.00 bits per heavy atom. The monoisotopic (exact) mass is 599 g/mol. The zero-order valence-corrected chi connectivity index (χ0v) is 23.5. The molecule has 0 bridgehead atoms. The van der Waals surface area contributed by atoms with Gasteiger partial charge < -0.3 is 4.42 Å². The molecule has 2 aromatic heterocycles. The summed E-state index contributed by atoms with van der Waals surface area (Å²) < 4.78 is 8.25. The molecule has 10 heteroatoms. The molecule has 41 heavy (non-hydrogen) atoms. The molecule has 5 aromatic rings. The first-order chi connectivity index (χ1) is 19.9. The molecule has 1 atom stereocenters. The maximum absolute atomic E-state index is 13.9. The molecular formula is C31H19Cl2N3O4S. The van der Waals surface area contributed by atoms with E-state index < -0.39 is 4.92 Å². The van der Waals surface area contributed by atoms with Crippen molar-refractivity contribution in [3.05, 3.63) is 147 Å². The van der Waals surface area contributed by atoms with Crippen molar-refractivity contribution in [2.45, 2.75) is 18.9 Å². The van der Waals surface area contributed by atoms with Crippen molar-refractivity contribution in [3.8, 4) is 11.3 Å². The van der Waals surface area contributed by atoms with Crippen molar-refractivity contribution in [2.75, 3.05) is 0 Å². The van der Waals surface area contributed by atoms with Crippen LogP contribution in [0.25, 0.3) is 23.1 Å². The second kappa shape index (κ2) is 9.99. The van der Waals surface area contributed by atoms with Crippen LogP contribution >= 0.6 is 34.5 Å². The molecule has 7 rings (SSSR count). The van der Waals surface area contributed by atoms with Gasteiger partial charge in [-0.3, -0.25) is 19.5 Å². The standard InChI is InChI=1S/C31H19Cl2N3O4S/c32-19-8-5-18(6-9-19)29-24-12-7-17-3-1-2-4-22(17)28(24)34-31-35(29)30(37)27(41-31)16-21-11-14-26(40-21)23-13-10-20(36(38)39)15-25(23)33/h1-6,8-11,13-16,29H,7,12H2/b27-16+/t29-/m0/s1. The van der Waals surface area contributed by atoms with Gasteiger partial charge in [0.15, 0.2) is 4.80 Å². The highest BCUT2D eigenvalue weighted by molar-refractivity contribution is 7.07. The molecule has 3 heterocycles. The summed E-state index contributed by atoms with van der Waals surface area (Å²) in [6, 6.07) is 23.3. The van der Waals surface area contributed by atoms with E-state index in [1.54, 1.807) is 28.8 Å². The van der Waals surface area contributed by atoms with Gasteiger partial charge in [-0.05, 0) is 59.9 Å². The Morgan fingerprint density at radius 3 is 2.59 bits per heavy atom. The van der Waals surface area contributed by atoms with Crippen LogP contribution in [0.15, 0.2) is 98.6 Å². The highest BCUT2D eigenvalue weighted by Crippen LogP contribution is 2.41. The van der Waals surface area contributed by atoms with Crippen LogP contribution in [0.5, 0.6) is 0 Å². The molecular weight excluding hydrogens is 581 g/mol. The van der Waals surface area contributed by atoms with Crippen LogP contribution in [-0.4, -0.2) is 9.49 Å². The first-order valence-electron chi connectivity index (χ1n) is 12.8. The minimum absolute atomic E-state index is 0.104. The average Bonchev–Trinajstić information content (AvgIpc) is 3.56. The first-order valence-corrected chi connectivity index (χ1v) is 14.4. The zero-order valence-electron chi connectivity index (χ0n) is 21.2. The van der Waals surface area contributed by atoms with E-state index in [9.17, 15) is 14.9 Å². The SMILES string of the molecule is O=c1/c(=C\c2ccc(-c3ccc([N+](=O)[O-])cc3Cl)o2)sc2n1[C@@H](c1ccc(Cl)cc1)C1=C(N=2)c2ccccc2CC1. The Hall–Kier alpha value is -4.24. The summed E-state index contributed by atoms with van der Waals surface area (Å²) >= 11 is 13.8. The van der Waals surface area contributed by atoms with Gasteiger partial charge in [0.25, 0.3) is 11.2 Å². The Kier molecular flexibility index (Phi) is 6.27. The molecule has 0 N–H and O–H groups in total. The number of rotatable bonds is 4. The number of allylic oxidation sites excluding steroid dienone is 1. The fourth-order valence-electron chi connectivity index (χ4n) is 5.49. The van der Waals surface area contributed by atoms with Crippen molar-refractivity contribution in [3.63, 3.8) is 0 Å². The molecule has 7 nitrogen and oxygen atoms in total. The summed E-state index contributed by atoms with van der Waals surface area (Å²) in [5.74, 6) is 0.895. The third-order valence-corrected chi connectivity index (χ3v) is 8.94. The summed E-state index contributed by atoms with van der Waals surface area (Å²) in [5.41, 5.74) is 5.60. The first kappa shape index (κ1) is 25.7. The van der Waals surface area contributed by atoms with Gasteiger partial charge in [0.05, 0.1) is 26.2 Å². The van der Waals surface area contributed by atoms with Gasteiger partial charge in [-0.15, -0.1) is 0 Å². The average molecular weight is 600 g/mol. The second-order valence-corrected chi connectivity index (χ2v) is 11.6. The number of halogens is 2. The van der Waals surface area contributed by atoms with Crippen molar-refractivity contribution in [1.29, 1.82) is 0 Å². The maximum atomic E-state index is 13.9. The lowest BCUT2D eigenvalue weighted by atomic mass is 9.83.